The second kappa shape index (κ2) is 3.57. The quantitative estimate of drug-likeness (QED) is 0.582. The Hall–Kier alpha value is -0.860. The zero-order chi connectivity index (χ0) is 11.2. The van der Waals surface area contributed by atoms with Crippen molar-refractivity contribution in [3.63, 3.8) is 0 Å². The van der Waals surface area contributed by atoms with Crippen molar-refractivity contribution >= 4 is 12.2 Å². The summed E-state index contributed by atoms with van der Waals surface area (Å²) in [6, 6.07) is 0. The molecule has 0 unspecified atom stereocenters. The van der Waals surface area contributed by atoms with Gasteiger partial charge in [0, 0.05) is 5.54 Å². The summed E-state index contributed by atoms with van der Waals surface area (Å²) in [5.74, 6) is 2.44. The fourth-order valence-corrected chi connectivity index (χ4v) is 4.69. The molecule has 1 N–H and O–H groups in total. The number of hydrogen-bond acceptors (Lipinski definition) is 2. The van der Waals surface area contributed by atoms with Gasteiger partial charge in [-0.2, -0.15) is 0 Å². The molecule has 0 aromatic heterocycles. The largest absolute Gasteiger partial charge is 0.350 e. The first kappa shape index (κ1) is 10.3. The number of hydrogen-bond donors (Lipinski definition) is 1. The minimum atomic E-state index is -0.0723. The monoisotopic (exact) mass is 221 g/mol. The van der Waals surface area contributed by atoms with Crippen molar-refractivity contribution in [3.05, 3.63) is 0 Å². The van der Waals surface area contributed by atoms with Crippen molar-refractivity contribution in [2.24, 2.45) is 17.8 Å². The number of amides is 1. The molecule has 3 heteroatoms. The molecule has 0 heterocycles. The van der Waals surface area contributed by atoms with Crippen molar-refractivity contribution in [3.8, 4) is 0 Å². The lowest BCUT2D eigenvalue weighted by Crippen LogP contribution is -2.59. The molecule has 0 atom stereocenters. The van der Waals surface area contributed by atoms with Gasteiger partial charge in [0.15, 0.2) is 0 Å². The summed E-state index contributed by atoms with van der Waals surface area (Å²) in [7, 11) is 0. The molecule has 4 bridgehead atoms. The summed E-state index contributed by atoms with van der Waals surface area (Å²) in [6.45, 7) is 0. The van der Waals surface area contributed by atoms with E-state index in [4.69, 9.17) is 0 Å². The zero-order valence-corrected chi connectivity index (χ0v) is 9.58. The summed E-state index contributed by atoms with van der Waals surface area (Å²) < 4.78 is 0. The van der Waals surface area contributed by atoms with Crippen LogP contribution in [0.3, 0.4) is 0 Å². The lowest BCUT2D eigenvalue weighted by atomic mass is 9.53. The number of nitrogens with one attached hydrogen (secondary N) is 1. The second-order valence-corrected chi connectivity index (χ2v) is 6.12. The van der Waals surface area contributed by atoms with E-state index in [-0.39, 0.29) is 17.9 Å². The highest BCUT2D eigenvalue weighted by Gasteiger charge is 2.51. The van der Waals surface area contributed by atoms with Gasteiger partial charge in [-0.15, -0.1) is 0 Å². The number of rotatable bonds is 3. The van der Waals surface area contributed by atoms with Crippen LogP contribution < -0.4 is 5.32 Å². The van der Waals surface area contributed by atoms with Gasteiger partial charge in [0.25, 0.3) is 0 Å². The summed E-state index contributed by atoms with van der Waals surface area (Å²) >= 11 is 0. The highest BCUT2D eigenvalue weighted by Crippen LogP contribution is 2.55. The van der Waals surface area contributed by atoms with Crippen LogP contribution in [-0.4, -0.2) is 17.7 Å². The SMILES string of the molecule is O=CCC(=O)NC12CC3CC(CC(C3)C1)C2. The fourth-order valence-electron chi connectivity index (χ4n) is 4.69. The van der Waals surface area contributed by atoms with Gasteiger partial charge in [-0.1, -0.05) is 0 Å². The molecule has 0 saturated heterocycles. The molecule has 4 rings (SSSR count). The molecule has 0 spiro atoms. The Bertz CT molecular complexity index is 289. The van der Waals surface area contributed by atoms with Crippen LogP contribution in [0.15, 0.2) is 0 Å². The lowest BCUT2D eigenvalue weighted by molar-refractivity contribution is -0.128. The van der Waals surface area contributed by atoms with Crippen LogP contribution in [0.5, 0.6) is 0 Å². The van der Waals surface area contributed by atoms with E-state index < -0.39 is 0 Å². The topological polar surface area (TPSA) is 46.2 Å². The van der Waals surface area contributed by atoms with Crippen LogP contribution in [-0.2, 0) is 9.59 Å². The van der Waals surface area contributed by atoms with Crippen molar-refractivity contribution in [2.45, 2.75) is 50.5 Å². The van der Waals surface area contributed by atoms with E-state index in [0.717, 1.165) is 37.0 Å². The van der Waals surface area contributed by atoms with E-state index in [1.807, 2.05) is 0 Å². The number of carbonyl (C=O) groups is 2. The molecule has 88 valence electrons. The Morgan fingerprint density at radius 1 is 1.12 bits per heavy atom. The van der Waals surface area contributed by atoms with Gasteiger partial charge >= 0.3 is 0 Å². The van der Waals surface area contributed by atoms with Crippen molar-refractivity contribution in [1.29, 1.82) is 0 Å². The summed E-state index contributed by atoms with van der Waals surface area (Å²) in [5.41, 5.74) is 0.0643. The first-order chi connectivity index (χ1) is 7.69. The molecule has 3 nitrogen and oxygen atoms in total. The van der Waals surface area contributed by atoms with Gasteiger partial charge in [0.2, 0.25) is 5.91 Å². The first-order valence-electron chi connectivity index (χ1n) is 6.44. The van der Waals surface area contributed by atoms with Crippen molar-refractivity contribution in [2.75, 3.05) is 0 Å². The Balaban J connectivity index is 1.73. The van der Waals surface area contributed by atoms with Gasteiger partial charge in [0.05, 0.1) is 6.42 Å². The summed E-state index contributed by atoms with van der Waals surface area (Å²) in [6.07, 6.45) is 8.34. The number of carbonyl (C=O) groups excluding carboxylic acids is 2. The van der Waals surface area contributed by atoms with Crippen LogP contribution >= 0.6 is 0 Å². The standard InChI is InChI=1S/C13H19NO2/c15-2-1-12(16)14-13-6-9-3-10(7-13)5-11(4-9)8-13/h2,9-11H,1,3-8H2,(H,14,16). The molecular weight excluding hydrogens is 202 g/mol. The molecule has 0 aromatic carbocycles. The van der Waals surface area contributed by atoms with Crippen LogP contribution in [0, 0.1) is 17.8 Å². The minimum Gasteiger partial charge on any atom is -0.350 e. The first-order valence-corrected chi connectivity index (χ1v) is 6.44. The minimum absolute atomic E-state index is 0.0295. The van der Waals surface area contributed by atoms with Crippen LogP contribution in [0.1, 0.15) is 44.9 Å². The maximum absolute atomic E-state index is 11.6. The summed E-state index contributed by atoms with van der Waals surface area (Å²) in [4.78, 5) is 21.9. The van der Waals surface area contributed by atoms with Crippen LogP contribution in [0.4, 0.5) is 0 Å². The van der Waals surface area contributed by atoms with Gasteiger partial charge < -0.3 is 10.1 Å². The smallest absolute Gasteiger partial charge is 0.227 e. The fraction of sp³-hybridized carbons (Fsp3) is 0.846. The van der Waals surface area contributed by atoms with Gasteiger partial charge in [-0.25, -0.2) is 0 Å². The molecular formula is C13H19NO2. The van der Waals surface area contributed by atoms with Crippen molar-refractivity contribution in [1.82, 2.24) is 5.32 Å². The van der Waals surface area contributed by atoms with E-state index in [0.29, 0.717) is 6.29 Å². The lowest BCUT2D eigenvalue weighted by Gasteiger charge is -2.56. The normalized spacial score (nSPS) is 44.4. The van der Waals surface area contributed by atoms with Crippen LogP contribution in [0.25, 0.3) is 0 Å². The average Bonchev–Trinajstić information content (AvgIpc) is 2.13. The Morgan fingerprint density at radius 2 is 1.62 bits per heavy atom. The maximum atomic E-state index is 11.6. The van der Waals surface area contributed by atoms with E-state index >= 15 is 0 Å². The van der Waals surface area contributed by atoms with Crippen LogP contribution in [0.2, 0.25) is 0 Å². The van der Waals surface area contributed by atoms with Gasteiger partial charge in [0.1, 0.15) is 6.29 Å². The third kappa shape index (κ3) is 1.66. The molecule has 0 aliphatic heterocycles. The average molecular weight is 221 g/mol. The maximum Gasteiger partial charge on any atom is 0.227 e. The highest BCUT2D eigenvalue weighted by atomic mass is 16.2. The van der Waals surface area contributed by atoms with Gasteiger partial charge in [-0.05, 0) is 56.3 Å². The Morgan fingerprint density at radius 3 is 2.06 bits per heavy atom. The molecule has 0 aromatic rings. The highest BCUT2D eigenvalue weighted by molar-refractivity contribution is 5.88. The summed E-state index contributed by atoms with van der Waals surface area (Å²) in [5, 5.41) is 3.16. The van der Waals surface area contributed by atoms with Gasteiger partial charge in [-0.3, -0.25) is 4.79 Å². The van der Waals surface area contributed by atoms with E-state index in [1.54, 1.807) is 0 Å². The molecule has 4 aliphatic rings. The second-order valence-electron chi connectivity index (χ2n) is 6.12. The zero-order valence-electron chi connectivity index (χ0n) is 9.58. The molecule has 4 saturated carbocycles. The molecule has 0 radical (unpaired) electrons. The Labute approximate surface area is 96.0 Å². The molecule has 1 amide bonds. The third-order valence-corrected chi connectivity index (χ3v) is 4.71. The van der Waals surface area contributed by atoms with E-state index in [1.165, 1.54) is 19.3 Å². The third-order valence-electron chi connectivity index (χ3n) is 4.71. The number of aldehydes is 1. The molecule has 16 heavy (non-hydrogen) atoms. The van der Waals surface area contributed by atoms with E-state index in [2.05, 4.69) is 5.32 Å². The van der Waals surface area contributed by atoms with E-state index in [9.17, 15) is 9.59 Å². The predicted octanol–water partition coefficient (Wildman–Crippen LogP) is 1.66. The molecule has 4 fully saturated rings. The Kier molecular flexibility index (Phi) is 2.30. The van der Waals surface area contributed by atoms with Crippen molar-refractivity contribution < 1.29 is 9.59 Å². The molecule has 4 aliphatic carbocycles. The predicted molar refractivity (Wildman–Crippen MR) is 59.7 cm³/mol.